The van der Waals surface area contributed by atoms with Crippen LogP contribution in [-0.4, -0.2) is 11.1 Å². The molecular weight excluding hydrogens is 298 g/mol. The molecule has 2 N–H and O–H groups in total. The van der Waals surface area contributed by atoms with Gasteiger partial charge in [-0.15, -0.1) is 0 Å². The minimum absolute atomic E-state index is 0.222. The van der Waals surface area contributed by atoms with Gasteiger partial charge in [0.05, 0.1) is 17.3 Å². The lowest BCUT2D eigenvalue weighted by Crippen LogP contribution is -2.36. The molecular formula is C21H21NO2. The Morgan fingerprint density at radius 1 is 1.00 bits per heavy atom. The molecule has 5 atom stereocenters. The van der Waals surface area contributed by atoms with Crippen molar-refractivity contribution in [3.8, 4) is 0 Å². The third-order valence-corrected chi connectivity index (χ3v) is 6.51. The quantitative estimate of drug-likeness (QED) is 0.845. The van der Waals surface area contributed by atoms with E-state index < -0.39 is 5.97 Å². The standard InChI is InChI=1S/C21H21NO2/c23-21(24)16-8-4-7-15-17-13-9-10-14(11-13)18(17)19(22-20(15)16)12-5-2-1-3-6-12/h1-8,13-14,17-19,22H,9-11H2,(H,23,24)/t13-,14-,17+,18+,19+/m0/s1. The monoisotopic (exact) mass is 319 g/mol. The van der Waals surface area contributed by atoms with Gasteiger partial charge in [0.2, 0.25) is 0 Å². The topological polar surface area (TPSA) is 49.3 Å². The molecule has 0 amide bonds. The Morgan fingerprint density at radius 2 is 1.79 bits per heavy atom. The van der Waals surface area contributed by atoms with Gasteiger partial charge in [-0.25, -0.2) is 4.79 Å². The van der Waals surface area contributed by atoms with Gasteiger partial charge >= 0.3 is 5.97 Å². The number of hydrogen-bond donors (Lipinski definition) is 2. The van der Waals surface area contributed by atoms with Gasteiger partial charge in [0.25, 0.3) is 0 Å². The Labute approximate surface area is 141 Å². The first-order chi connectivity index (χ1) is 11.7. The molecule has 1 aliphatic heterocycles. The minimum Gasteiger partial charge on any atom is -0.478 e. The number of aromatic carboxylic acids is 1. The number of carboxylic acid groups (broad SMARTS) is 1. The lowest BCUT2D eigenvalue weighted by molar-refractivity contribution is 0.0697. The molecule has 3 aliphatic rings. The van der Waals surface area contributed by atoms with Crippen LogP contribution in [0.2, 0.25) is 0 Å². The van der Waals surface area contributed by atoms with Crippen LogP contribution in [0.25, 0.3) is 0 Å². The van der Waals surface area contributed by atoms with E-state index in [1.807, 2.05) is 12.1 Å². The maximum atomic E-state index is 11.7. The van der Waals surface area contributed by atoms with Crippen molar-refractivity contribution in [2.75, 3.05) is 5.32 Å². The largest absolute Gasteiger partial charge is 0.478 e. The number of nitrogens with one attached hydrogen (secondary N) is 1. The van der Waals surface area contributed by atoms with Gasteiger partial charge in [-0.3, -0.25) is 0 Å². The molecule has 0 aromatic heterocycles. The molecule has 2 aliphatic carbocycles. The number of fused-ring (bicyclic) bond motifs is 7. The molecule has 24 heavy (non-hydrogen) atoms. The molecule has 0 radical (unpaired) electrons. The summed E-state index contributed by atoms with van der Waals surface area (Å²) in [5.74, 6) is 1.73. The normalized spacial score (nSPS) is 32.8. The summed E-state index contributed by atoms with van der Waals surface area (Å²) in [5.41, 5.74) is 3.78. The molecule has 1 heterocycles. The van der Waals surface area contributed by atoms with E-state index in [0.717, 1.165) is 17.5 Å². The van der Waals surface area contributed by atoms with Crippen molar-refractivity contribution in [1.82, 2.24) is 0 Å². The summed E-state index contributed by atoms with van der Waals surface area (Å²) in [6, 6.07) is 16.6. The van der Waals surface area contributed by atoms with Crippen molar-refractivity contribution in [3.05, 3.63) is 65.2 Å². The number of carboxylic acids is 1. The average molecular weight is 319 g/mol. The molecule has 2 aromatic carbocycles. The summed E-state index contributed by atoms with van der Waals surface area (Å²) in [6.45, 7) is 0. The van der Waals surface area contributed by atoms with Gasteiger partial charge in [0, 0.05) is 0 Å². The van der Waals surface area contributed by atoms with Crippen molar-refractivity contribution >= 4 is 11.7 Å². The Balaban J connectivity index is 1.69. The van der Waals surface area contributed by atoms with E-state index in [1.54, 1.807) is 6.07 Å². The maximum absolute atomic E-state index is 11.7. The predicted molar refractivity (Wildman–Crippen MR) is 93.3 cm³/mol. The van der Waals surface area contributed by atoms with Crippen LogP contribution >= 0.6 is 0 Å². The number of rotatable bonds is 2. The van der Waals surface area contributed by atoms with E-state index in [1.165, 1.54) is 30.4 Å². The minimum atomic E-state index is -0.840. The van der Waals surface area contributed by atoms with Gasteiger partial charge in [-0.2, -0.15) is 0 Å². The summed E-state index contributed by atoms with van der Waals surface area (Å²) >= 11 is 0. The molecule has 2 saturated carbocycles. The Hall–Kier alpha value is -2.29. The van der Waals surface area contributed by atoms with Gasteiger partial charge < -0.3 is 10.4 Å². The molecule has 2 aromatic rings. The maximum Gasteiger partial charge on any atom is 0.337 e. The van der Waals surface area contributed by atoms with Crippen LogP contribution in [0, 0.1) is 17.8 Å². The van der Waals surface area contributed by atoms with Crippen LogP contribution in [0.1, 0.15) is 52.7 Å². The second-order valence-electron chi connectivity index (χ2n) is 7.54. The van der Waals surface area contributed by atoms with E-state index in [4.69, 9.17) is 0 Å². The van der Waals surface area contributed by atoms with Crippen molar-refractivity contribution in [2.24, 2.45) is 17.8 Å². The molecule has 0 saturated heterocycles. The van der Waals surface area contributed by atoms with E-state index >= 15 is 0 Å². The van der Waals surface area contributed by atoms with Gasteiger partial charge in [-0.05, 0) is 60.1 Å². The number of hydrogen-bond acceptors (Lipinski definition) is 2. The van der Waals surface area contributed by atoms with Crippen LogP contribution < -0.4 is 5.32 Å². The predicted octanol–water partition coefficient (Wildman–Crippen LogP) is 4.68. The highest BCUT2D eigenvalue weighted by Crippen LogP contribution is 2.63. The van der Waals surface area contributed by atoms with E-state index in [0.29, 0.717) is 17.4 Å². The Morgan fingerprint density at radius 3 is 2.58 bits per heavy atom. The van der Waals surface area contributed by atoms with Crippen LogP contribution in [0.5, 0.6) is 0 Å². The highest BCUT2D eigenvalue weighted by molar-refractivity contribution is 5.95. The SMILES string of the molecule is O=C(O)c1cccc2c1N[C@H](c1ccccc1)[C@@H]1[C@H]3CC[C@@H](C3)[C@H]21. The fourth-order valence-electron chi connectivity index (χ4n) is 5.68. The third kappa shape index (κ3) is 1.87. The molecule has 122 valence electrons. The fraction of sp³-hybridized carbons (Fsp3) is 0.381. The molecule has 2 fully saturated rings. The molecule has 0 spiro atoms. The molecule has 2 bridgehead atoms. The van der Waals surface area contributed by atoms with Crippen molar-refractivity contribution in [3.63, 3.8) is 0 Å². The van der Waals surface area contributed by atoms with Crippen LogP contribution in [0.3, 0.4) is 0 Å². The zero-order chi connectivity index (χ0) is 16.3. The van der Waals surface area contributed by atoms with Gasteiger partial charge in [0.1, 0.15) is 0 Å². The highest BCUT2D eigenvalue weighted by Gasteiger charge is 2.54. The van der Waals surface area contributed by atoms with Crippen molar-refractivity contribution in [2.45, 2.75) is 31.2 Å². The van der Waals surface area contributed by atoms with Crippen molar-refractivity contribution in [1.29, 1.82) is 0 Å². The highest BCUT2D eigenvalue weighted by atomic mass is 16.4. The number of anilines is 1. The zero-order valence-electron chi connectivity index (χ0n) is 13.5. The first kappa shape index (κ1) is 14.1. The van der Waals surface area contributed by atoms with E-state index in [-0.39, 0.29) is 6.04 Å². The van der Waals surface area contributed by atoms with Crippen molar-refractivity contribution < 1.29 is 9.90 Å². The van der Waals surface area contributed by atoms with Gasteiger partial charge in [-0.1, -0.05) is 42.5 Å². The fourth-order valence-corrected chi connectivity index (χ4v) is 5.68. The van der Waals surface area contributed by atoms with Crippen LogP contribution in [0.15, 0.2) is 48.5 Å². The number of carbonyl (C=O) groups is 1. The Kier molecular flexibility index (Phi) is 2.99. The lowest BCUT2D eigenvalue weighted by Gasteiger charge is -2.44. The second-order valence-corrected chi connectivity index (χ2v) is 7.54. The smallest absolute Gasteiger partial charge is 0.337 e. The molecule has 5 rings (SSSR count). The second kappa shape index (κ2) is 5.10. The summed E-state index contributed by atoms with van der Waals surface area (Å²) in [4.78, 5) is 11.7. The van der Waals surface area contributed by atoms with E-state index in [9.17, 15) is 9.90 Å². The van der Waals surface area contributed by atoms with E-state index in [2.05, 4.69) is 35.6 Å². The lowest BCUT2D eigenvalue weighted by atomic mass is 9.67. The first-order valence-corrected chi connectivity index (χ1v) is 8.91. The Bertz CT molecular complexity index is 801. The molecule has 3 nitrogen and oxygen atoms in total. The van der Waals surface area contributed by atoms with Crippen LogP contribution in [-0.2, 0) is 0 Å². The van der Waals surface area contributed by atoms with Crippen LogP contribution in [0.4, 0.5) is 5.69 Å². The van der Waals surface area contributed by atoms with Gasteiger partial charge in [0.15, 0.2) is 0 Å². The number of para-hydroxylation sites is 1. The molecule has 3 heteroatoms. The first-order valence-electron chi connectivity index (χ1n) is 8.91. The third-order valence-electron chi connectivity index (χ3n) is 6.51. The number of benzene rings is 2. The summed E-state index contributed by atoms with van der Waals surface area (Å²) < 4.78 is 0. The molecule has 0 unspecified atom stereocenters. The summed E-state index contributed by atoms with van der Waals surface area (Å²) in [5, 5.41) is 13.3. The zero-order valence-corrected chi connectivity index (χ0v) is 13.5. The average Bonchev–Trinajstić information content (AvgIpc) is 3.23. The summed E-state index contributed by atoms with van der Waals surface area (Å²) in [6.07, 6.45) is 3.92. The summed E-state index contributed by atoms with van der Waals surface area (Å²) in [7, 11) is 0.